The molecule has 4 nitrogen and oxygen atoms in total. The summed E-state index contributed by atoms with van der Waals surface area (Å²) in [5.41, 5.74) is -0.500. The number of carboxylic acid groups (broad SMARTS) is 1. The number of amides is 1. The van der Waals surface area contributed by atoms with Crippen LogP contribution in [0.15, 0.2) is 0 Å². The van der Waals surface area contributed by atoms with Crippen molar-refractivity contribution in [3.8, 4) is 12.3 Å². The number of carbonyl (C=O) groups is 2. The minimum absolute atomic E-state index is 0.232. The SMILES string of the molecule is C#CCCCCC(=O)N[C@@H](C(=O)O)C(C)(C)C. The van der Waals surface area contributed by atoms with E-state index in [1.807, 2.05) is 0 Å². The van der Waals surface area contributed by atoms with Crippen molar-refractivity contribution >= 4 is 11.9 Å². The Morgan fingerprint density at radius 3 is 2.35 bits per heavy atom. The van der Waals surface area contributed by atoms with Gasteiger partial charge in [-0.2, -0.15) is 0 Å². The summed E-state index contributed by atoms with van der Waals surface area (Å²) in [6, 6.07) is -0.859. The summed E-state index contributed by atoms with van der Waals surface area (Å²) in [7, 11) is 0. The molecule has 1 atom stereocenters. The zero-order valence-corrected chi connectivity index (χ0v) is 10.7. The molecule has 96 valence electrons. The first-order chi connectivity index (χ1) is 7.79. The van der Waals surface area contributed by atoms with Crippen molar-refractivity contribution in [2.75, 3.05) is 0 Å². The lowest BCUT2D eigenvalue weighted by atomic mass is 9.86. The van der Waals surface area contributed by atoms with Gasteiger partial charge in [0.2, 0.25) is 5.91 Å². The van der Waals surface area contributed by atoms with Gasteiger partial charge in [0.25, 0.3) is 0 Å². The molecule has 0 aromatic heterocycles. The van der Waals surface area contributed by atoms with Crippen LogP contribution >= 0.6 is 0 Å². The molecule has 0 spiro atoms. The van der Waals surface area contributed by atoms with Gasteiger partial charge < -0.3 is 10.4 Å². The van der Waals surface area contributed by atoms with Gasteiger partial charge in [0.1, 0.15) is 6.04 Å². The van der Waals surface area contributed by atoms with E-state index < -0.39 is 17.4 Å². The van der Waals surface area contributed by atoms with E-state index in [9.17, 15) is 9.59 Å². The van der Waals surface area contributed by atoms with E-state index in [1.165, 1.54) is 0 Å². The Hall–Kier alpha value is -1.50. The Labute approximate surface area is 103 Å². The molecule has 0 saturated carbocycles. The van der Waals surface area contributed by atoms with Gasteiger partial charge >= 0.3 is 5.97 Å². The van der Waals surface area contributed by atoms with E-state index in [0.717, 1.165) is 6.42 Å². The fraction of sp³-hybridized carbons (Fsp3) is 0.692. The van der Waals surface area contributed by atoms with Crippen LogP contribution in [-0.4, -0.2) is 23.0 Å². The van der Waals surface area contributed by atoms with Crippen molar-refractivity contribution in [3.05, 3.63) is 0 Å². The normalized spacial score (nSPS) is 12.6. The maximum absolute atomic E-state index is 11.5. The van der Waals surface area contributed by atoms with Crippen LogP contribution < -0.4 is 5.32 Å². The molecule has 4 heteroatoms. The van der Waals surface area contributed by atoms with Crippen molar-refractivity contribution in [1.82, 2.24) is 5.32 Å². The summed E-state index contributed by atoms with van der Waals surface area (Å²) in [5.74, 6) is 1.26. The van der Waals surface area contributed by atoms with Crippen molar-refractivity contribution in [2.24, 2.45) is 5.41 Å². The number of carbonyl (C=O) groups excluding carboxylic acids is 1. The van der Waals surface area contributed by atoms with E-state index in [0.29, 0.717) is 19.3 Å². The van der Waals surface area contributed by atoms with E-state index in [2.05, 4.69) is 11.2 Å². The van der Waals surface area contributed by atoms with Gasteiger partial charge in [0.15, 0.2) is 0 Å². The quantitative estimate of drug-likeness (QED) is 0.548. The summed E-state index contributed by atoms with van der Waals surface area (Å²) in [4.78, 5) is 22.6. The topological polar surface area (TPSA) is 66.4 Å². The second-order valence-electron chi connectivity index (χ2n) is 5.12. The fourth-order valence-electron chi connectivity index (χ4n) is 1.39. The maximum Gasteiger partial charge on any atom is 0.326 e. The summed E-state index contributed by atoms with van der Waals surface area (Å²) in [6.45, 7) is 5.35. The maximum atomic E-state index is 11.5. The number of rotatable bonds is 6. The van der Waals surface area contributed by atoms with Gasteiger partial charge in [0, 0.05) is 12.8 Å². The van der Waals surface area contributed by atoms with Crippen LogP contribution in [0, 0.1) is 17.8 Å². The number of hydrogen-bond donors (Lipinski definition) is 2. The first kappa shape index (κ1) is 15.5. The molecular weight excluding hydrogens is 218 g/mol. The van der Waals surface area contributed by atoms with Crippen LogP contribution in [0.1, 0.15) is 46.5 Å². The molecule has 0 rings (SSSR count). The highest BCUT2D eigenvalue weighted by Crippen LogP contribution is 2.19. The molecule has 0 aliphatic rings. The highest BCUT2D eigenvalue weighted by Gasteiger charge is 2.32. The van der Waals surface area contributed by atoms with E-state index in [4.69, 9.17) is 11.5 Å². The molecule has 0 saturated heterocycles. The van der Waals surface area contributed by atoms with Gasteiger partial charge in [-0.3, -0.25) is 4.79 Å². The molecule has 0 radical (unpaired) electrons. The molecule has 1 amide bonds. The number of hydrogen-bond acceptors (Lipinski definition) is 2. The largest absolute Gasteiger partial charge is 0.480 e. The fourth-order valence-corrected chi connectivity index (χ4v) is 1.39. The monoisotopic (exact) mass is 239 g/mol. The third kappa shape index (κ3) is 6.62. The van der Waals surface area contributed by atoms with Gasteiger partial charge in [-0.05, 0) is 18.3 Å². The molecule has 0 aliphatic carbocycles. The first-order valence-corrected chi connectivity index (χ1v) is 5.74. The van der Waals surface area contributed by atoms with Crippen molar-refractivity contribution in [1.29, 1.82) is 0 Å². The number of unbranched alkanes of at least 4 members (excludes halogenated alkanes) is 2. The van der Waals surface area contributed by atoms with Gasteiger partial charge in [0.05, 0.1) is 0 Å². The molecular formula is C13H21NO3. The molecule has 0 aromatic rings. The third-order valence-corrected chi connectivity index (χ3v) is 2.39. The number of terminal acetylenes is 1. The summed E-state index contributed by atoms with van der Waals surface area (Å²) in [5, 5.41) is 11.6. The summed E-state index contributed by atoms with van der Waals surface area (Å²) < 4.78 is 0. The Balaban J connectivity index is 4.16. The van der Waals surface area contributed by atoms with Crippen LogP contribution in [-0.2, 0) is 9.59 Å². The van der Waals surface area contributed by atoms with E-state index in [-0.39, 0.29) is 5.91 Å². The molecule has 0 unspecified atom stereocenters. The van der Waals surface area contributed by atoms with Crippen molar-refractivity contribution in [3.63, 3.8) is 0 Å². The molecule has 0 aromatic carbocycles. The predicted octanol–water partition coefficient (Wildman–Crippen LogP) is 1.80. The van der Waals surface area contributed by atoms with Gasteiger partial charge in [-0.25, -0.2) is 4.79 Å². The second-order valence-corrected chi connectivity index (χ2v) is 5.12. The van der Waals surface area contributed by atoms with Crippen LogP contribution in [0.5, 0.6) is 0 Å². The molecule has 0 fully saturated rings. The number of carboxylic acids is 1. The Morgan fingerprint density at radius 2 is 1.94 bits per heavy atom. The molecule has 0 heterocycles. The van der Waals surface area contributed by atoms with Crippen molar-refractivity contribution in [2.45, 2.75) is 52.5 Å². The minimum Gasteiger partial charge on any atom is -0.480 e. The minimum atomic E-state index is -1.01. The first-order valence-electron chi connectivity index (χ1n) is 5.74. The smallest absolute Gasteiger partial charge is 0.326 e. The predicted molar refractivity (Wildman–Crippen MR) is 66.3 cm³/mol. The summed E-state index contributed by atoms with van der Waals surface area (Å²) in [6.07, 6.45) is 7.54. The Morgan fingerprint density at radius 1 is 1.35 bits per heavy atom. The van der Waals surface area contributed by atoms with Crippen LogP contribution in [0.3, 0.4) is 0 Å². The van der Waals surface area contributed by atoms with E-state index in [1.54, 1.807) is 20.8 Å². The van der Waals surface area contributed by atoms with Gasteiger partial charge in [-0.15, -0.1) is 12.3 Å². The third-order valence-electron chi connectivity index (χ3n) is 2.39. The summed E-state index contributed by atoms with van der Waals surface area (Å²) >= 11 is 0. The van der Waals surface area contributed by atoms with Crippen LogP contribution in [0.4, 0.5) is 0 Å². The Bertz CT molecular complexity index is 310. The van der Waals surface area contributed by atoms with Crippen LogP contribution in [0.25, 0.3) is 0 Å². The lowest BCUT2D eigenvalue weighted by Gasteiger charge is -2.27. The zero-order chi connectivity index (χ0) is 13.5. The zero-order valence-electron chi connectivity index (χ0n) is 10.7. The number of nitrogens with one attached hydrogen (secondary N) is 1. The second kappa shape index (κ2) is 6.95. The van der Waals surface area contributed by atoms with E-state index >= 15 is 0 Å². The molecule has 0 bridgehead atoms. The van der Waals surface area contributed by atoms with Crippen molar-refractivity contribution < 1.29 is 14.7 Å². The molecule has 2 N–H and O–H groups in total. The average Bonchev–Trinajstić information content (AvgIpc) is 2.19. The van der Waals surface area contributed by atoms with Gasteiger partial charge in [-0.1, -0.05) is 20.8 Å². The standard InChI is InChI=1S/C13H21NO3/c1-5-6-7-8-9-10(15)14-11(12(16)17)13(2,3)4/h1,11H,6-9H2,2-4H3,(H,14,15)(H,16,17)/t11-/m0/s1. The average molecular weight is 239 g/mol. The highest BCUT2D eigenvalue weighted by molar-refractivity contribution is 5.84. The molecule has 17 heavy (non-hydrogen) atoms. The highest BCUT2D eigenvalue weighted by atomic mass is 16.4. The lowest BCUT2D eigenvalue weighted by molar-refractivity contribution is -0.144. The molecule has 0 aliphatic heterocycles. The van der Waals surface area contributed by atoms with Crippen LogP contribution in [0.2, 0.25) is 0 Å². The lowest BCUT2D eigenvalue weighted by Crippen LogP contribution is -2.49. The Kier molecular flexibility index (Phi) is 6.34. The number of aliphatic carboxylic acids is 1.